The molecule has 0 bridgehead atoms. The minimum Gasteiger partial charge on any atom is -0.444 e. The summed E-state index contributed by atoms with van der Waals surface area (Å²) in [7, 11) is 0. The lowest BCUT2D eigenvalue weighted by atomic mass is 10.1. The number of nitrogens with two attached hydrogens (primary N) is 1. The molecule has 2 heterocycles. The molecule has 1 aromatic heterocycles. The third-order valence-corrected chi connectivity index (χ3v) is 3.98. The lowest BCUT2D eigenvalue weighted by Gasteiger charge is -2.27. The summed E-state index contributed by atoms with van der Waals surface area (Å²) in [6.07, 6.45) is 1.50. The minimum absolute atomic E-state index is 0.0906. The van der Waals surface area contributed by atoms with Gasteiger partial charge in [0.2, 0.25) is 0 Å². The molecule has 1 fully saturated rings. The lowest BCUT2D eigenvalue weighted by Crippen LogP contribution is -2.36. The van der Waals surface area contributed by atoms with Crippen LogP contribution in [0.3, 0.4) is 0 Å². The monoisotopic (exact) mass is 328 g/mol. The number of aromatic nitrogens is 2. The van der Waals surface area contributed by atoms with E-state index in [9.17, 15) is 4.79 Å². The minimum atomic E-state index is -0.507. The number of para-hydroxylation sites is 1. The lowest BCUT2D eigenvalue weighted by molar-refractivity contribution is 0.0221. The van der Waals surface area contributed by atoms with Crippen LogP contribution >= 0.6 is 0 Å². The average molecular weight is 328 g/mol. The van der Waals surface area contributed by atoms with E-state index >= 15 is 0 Å². The molecule has 2 aromatic rings. The molecule has 0 aliphatic carbocycles. The van der Waals surface area contributed by atoms with Gasteiger partial charge in [-0.25, -0.2) is 9.48 Å². The summed E-state index contributed by atoms with van der Waals surface area (Å²) in [5, 5.41) is 4.63. The first-order chi connectivity index (χ1) is 11.3. The third kappa shape index (κ3) is 3.37. The SMILES string of the molecule is CC(C)(C)OC(=O)N1CCCC1c1cc(N)n(-c2ccccc2)n1. The summed E-state index contributed by atoms with van der Waals surface area (Å²) < 4.78 is 7.23. The van der Waals surface area contributed by atoms with E-state index in [1.54, 1.807) is 9.58 Å². The van der Waals surface area contributed by atoms with Crippen LogP contribution in [0, 0.1) is 0 Å². The Morgan fingerprint density at radius 2 is 2.00 bits per heavy atom. The zero-order valence-electron chi connectivity index (χ0n) is 14.4. The van der Waals surface area contributed by atoms with E-state index in [0.717, 1.165) is 24.2 Å². The van der Waals surface area contributed by atoms with Gasteiger partial charge in [-0.15, -0.1) is 0 Å². The van der Waals surface area contributed by atoms with E-state index in [-0.39, 0.29) is 12.1 Å². The Labute approximate surface area is 142 Å². The molecule has 1 saturated heterocycles. The fraction of sp³-hybridized carbons (Fsp3) is 0.444. The van der Waals surface area contributed by atoms with Gasteiger partial charge in [0.05, 0.1) is 17.4 Å². The summed E-state index contributed by atoms with van der Waals surface area (Å²) in [6, 6.07) is 11.5. The molecular weight excluding hydrogens is 304 g/mol. The fourth-order valence-electron chi connectivity index (χ4n) is 2.97. The van der Waals surface area contributed by atoms with Crippen LogP contribution in [0.2, 0.25) is 0 Å². The van der Waals surface area contributed by atoms with Gasteiger partial charge in [-0.2, -0.15) is 5.10 Å². The largest absolute Gasteiger partial charge is 0.444 e. The Morgan fingerprint density at radius 1 is 1.29 bits per heavy atom. The summed E-state index contributed by atoms with van der Waals surface area (Å²) in [6.45, 7) is 6.30. The number of anilines is 1. The maximum absolute atomic E-state index is 12.4. The second kappa shape index (κ2) is 6.19. The molecule has 2 N–H and O–H groups in total. The highest BCUT2D eigenvalue weighted by Gasteiger charge is 2.34. The average Bonchev–Trinajstić information content (AvgIpc) is 3.12. The van der Waals surface area contributed by atoms with Gasteiger partial charge >= 0.3 is 6.09 Å². The van der Waals surface area contributed by atoms with Crippen molar-refractivity contribution < 1.29 is 9.53 Å². The second-order valence-electron chi connectivity index (χ2n) is 7.07. The molecule has 6 nitrogen and oxygen atoms in total. The molecule has 0 saturated carbocycles. The summed E-state index contributed by atoms with van der Waals surface area (Å²) in [5.74, 6) is 0.562. The van der Waals surface area contributed by atoms with E-state index < -0.39 is 5.60 Å². The highest BCUT2D eigenvalue weighted by molar-refractivity contribution is 5.69. The Kier molecular flexibility index (Phi) is 4.22. The molecule has 1 aliphatic heterocycles. The van der Waals surface area contributed by atoms with Crippen LogP contribution in [0.1, 0.15) is 45.3 Å². The maximum atomic E-state index is 12.4. The van der Waals surface area contributed by atoms with E-state index in [1.807, 2.05) is 57.2 Å². The maximum Gasteiger partial charge on any atom is 0.410 e. The van der Waals surface area contributed by atoms with Gasteiger partial charge in [0, 0.05) is 12.6 Å². The quantitative estimate of drug-likeness (QED) is 0.915. The van der Waals surface area contributed by atoms with Crippen LogP contribution in [-0.4, -0.2) is 32.9 Å². The van der Waals surface area contributed by atoms with Crippen LogP contribution in [0.5, 0.6) is 0 Å². The Morgan fingerprint density at radius 3 is 2.67 bits per heavy atom. The number of carbonyl (C=O) groups excluding carboxylic acids is 1. The van der Waals surface area contributed by atoms with Crippen molar-refractivity contribution in [3.05, 3.63) is 42.1 Å². The number of likely N-dealkylation sites (tertiary alicyclic amines) is 1. The van der Waals surface area contributed by atoms with Gasteiger partial charge in [-0.3, -0.25) is 4.90 Å². The molecule has 1 aliphatic rings. The summed E-state index contributed by atoms with van der Waals surface area (Å²) in [4.78, 5) is 14.2. The van der Waals surface area contributed by atoms with E-state index in [0.29, 0.717) is 12.4 Å². The first-order valence-electron chi connectivity index (χ1n) is 8.25. The number of hydrogen-bond acceptors (Lipinski definition) is 4. The predicted molar refractivity (Wildman–Crippen MR) is 92.9 cm³/mol. The Bertz CT molecular complexity index is 718. The highest BCUT2D eigenvalue weighted by atomic mass is 16.6. The van der Waals surface area contributed by atoms with Gasteiger partial charge in [-0.1, -0.05) is 18.2 Å². The Balaban J connectivity index is 1.85. The van der Waals surface area contributed by atoms with Gasteiger partial charge in [0.25, 0.3) is 0 Å². The van der Waals surface area contributed by atoms with Crippen LogP contribution in [0.25, 0.3) is 5.69 Å². The van der Waals surface area contributed by atoms with E-state index in [2.05, 4.69) is 5.10 Å². The number of ether oxygens (including phenoxy) is 1. The molecule has 1 unspecified atom stereocenters. The van der Waals surface area contributed by atoms with Gasteiger partial charge in [0.15, 0.2) is 0 Å². The molecular formula is C18H24N4O2. The zero-order valence-corrected chi connectivity index (χ0v) is 14.4. The number of hydrogen-bond donors (Lipinski definition) is 1. The molecule has 1 aromatic carbocycles. The van der Waals surface area contributed by atoms with Crippen molar-refractivity contribution in [3.8, 4) is 5.69 Å². The first kappa shape index (κ1) is 16.4. The van der Waals surface area contributed by atoms with Gasteiger partial charge in [0.1, 0.15) is 11.4 Å². The molecule has 24 heavy (non-hydrogen) atoms. The Hall–Kier alpha value is -2.50. The van der Waals surface area contributed by atoms with Crippen molar-refractivity contribution in [1.29, 1.82) is 0 Å². The number of rotatable bonds is 2. The smallest absolute Gasteiger partial charge is 0.410 e. The number of amides is 1. The summed E-state index contributed by atoms with van der Waals surface area (Å²) >= 11 is 0. The van der Waals surface area contributed by atoms with Crippen molar-refractivity contribution in [2.24, 2.45) is 0 Å². The standard InChI is InChI=1S/C18H24N4O2/c1-18(2,3)24-17(23)21-11-7-10-15(21)14-12-16(19)22(20-14)13-8-5-4-6-9-13/h4-6,8-9,12,15H,7,10-11,19H2,1-3H3. The third-order valence-electron chi connectivity index (χ3n) is 3.98. The molecule has 0 radical (unpaired) electrons. The number of carbonyl (C=O) groups is 1. The normalized spacial score (nSPS) is 18.0. The van der Waals surface area contributed by atoms with E-state index in [4.69, 9.17) is 10.5 Å². The topological polar surface area (TPSA) is 73.4 Å². The fourth-order valence-corrected chi connectivity index (χ4v) is 2.97. The molecule has 1 atom stereocenters. The highest BCUT2D eigenvalue weighted by Crippen LogP contribution is 2.33. The van der Waals surface area contributed by atoms with Gasteiger partial charge in [-0.05, 0) is 45.7 Å². The van der Waals surface area contributed by atoms with Crippen molar-refractivity contribution in [2.45, 2.75) is 45.3 Å². The first-order valence-corrected chi connectivity index (χ1v) is 8.25. The predicted octanol–water partition coefficient (Wildman–Crippen LogP) is 3.53. The second-order valence-corrected chi connectivity index (χ2v) is 7.07. The van der Waals surface area contributed by atoms with Crippen LogP contribution in [0.15, 0.2) is 36.4 Å². The van der Waals surface area contributed by atoms with Crippen LogP contribution in [0.4, 0.5) is 10.6 Å². The van der Waals surface area contributed by atoms with Crippen molar-refractivity contribution >= 4 is 11.9 Å². The number of nitrogens with zero attached hydrogens (tertiary/aromatic N) is 3. The van der Waals surface area contributed by atoms with Crippen LogP contribution in [-0.2, 0) is 4.74 Å². The van der Waals surface area contributed by atoms with Crippen LogP contribution < -0.4 is 5.73 Å². The molecule has 1 amide bonds. The van der Waals surface area contributed by atoms with Crippen molar-refractivity contribution in [3.63, 3.8) is 0 Å². The number of nitrogen functional groups attached to an aromatic ring is 1. The van der Waals surface area contributed by atoms with Crippen molar-refractivity contribution in [2.75, 3.05) is 12.3 Å². The van der Waals surface area contributed by atoms with Crippen molar-refractivity contribution in [1.82, 2.24) is 14.7 Å². The molecule has 0 spiro atoms. The molecule has 128 valence electrons. The van der Waals surface area contributed by atoms with Gasteiger partial charge < -0.3 is 10.5 Å². The molecule has 3 rings (SSSR count). The summed E-state index contributed by atoms with van der Waals surface area (Å²) in [5.41, 5.74) is 7.33. The van der Waals surface area contributed by atoms with E-state index in [1.165, 1.54) is 0 Å². The number of benzene rings is 1. The zero-order chi connectivity index (χ0) is 17.3. The molecule has 6 heteroatoms.